The topological polar surface area (TPSA) is 78.9 Å². The maximum atomic E-state index is 12.9. The predicted octanol–water partition coefficient (Wildman–Crippen LogP) is 22.9. The minimum Gasteiger partial charge on any atom is -0.462 e. The maximum Gasteiger partial charge on any atom is 0.306 e. The van der Waals surface area contributed by atoms with Gasteiger partial charge in [-0.05, 0) is 122 Å². The van der Waals surface area contributed by atoms with E-state index in [4.69, 9.17) is 14.2 Å². The van der Waals surface area contributed by atoms with Gasteiger partial charge in [-0.3, -0.25) is 14.4 Å². The molecule has 0 amide bonds. The third kappa shape index (κ3) is 65.7. The van der Waals surface area contributed by atoms with Crippen molar-refractivity contribution in [1.29, 1.82) is 0 Å². The Hall–Kier alpha value is -4.97. The lowest BCUT2D eigenvalue weighted by Gasteiger charge is -2.18. The zero-order valence-electron chi connectivity index (χ0n) is 52.2. The lowest BCUT2D eigenvalue weighted by molar-refractivity contribution is -0.167. The monoisotopic (exact) mass is 1120 g/mol. The SMILES string of the molecule is CC/C=C\C/C=C\C/C=C\C/C=C\C/C=C\C/C=C\C/C=C\C/C=C\C/C=C\CCCC(=O)OCC(COC(=O)CCCCCCCCCCCCCCCCCCC)OC(=O)CCCCCC/C=C\C/C=C\C/C=C\C/C=C\CC. The summed E-state index contributed by atoms with van der Waals surface area (Å²) in [4.78, 5) is 38.3. The van der Waals surface area contributed by atoms with Crippen molar-refractivity contribution in [2.75, 3.05) is 13.2 Å². The van der Waals surface area contributed by atoms with E-state index in [1.165, 1.54) is 89.9 Å². The minimum atomic E-state index is -0.822. The number of hydrogen-bond donors (Lipinski definition) is 0. The number of unbranched alkanes of at least 4 members (excludes halogenated alkanes) is 21. The molecule has 0 N–H and O–H groups in total. The Morgan fingerprint density at radius 1 is 0.259 bits per heavy atom. The van der Waals surface area contributed by atoms with Gasteiger partial charge in [0.15, 0.2) is 6.10 Å². The van der Waals surface area contributed by atoms with E-state index >= 15 is 0 Å². The van der Waals surface area contributed by atoms with Crippen molar-refractivity contribution in [1.82, 2.24) is 0 Å². The second-order valence-electron chi connectivity index (χ2n) is 21.3. The van der Waals surface area contributed by atoms with Crippen molar-refractivity contribution in [2.24, 2.45) is 0 Å². The molecule has 0 aliphatic carbocycles. The van der Waals surface area contributed by atoms with Gasteiger partial charge in [-0.25, -0.2) is 0 Å². The van der Waals surface area contributed by atoms with Crippen LogP contribution in [0.15, 0.2) is 158 Å². The molecule has 6 nitrogen and oxygen atoms in total. The normalized spacial score (nSPS) is 13.2. The first kappa shape index (κ1) is 76.0. The first-order valence-electron chi connectivity index (χ1n) is 33.0. The van der Waals surface area contributed by atoms with Gasteiger partial charge in [0.05, 0.1) is 0 Å². The van der Waals surface area contributed by atoms with Gasteiger partial charge in [0.2, 0.25) is 0 Å². The molecule has 0 aliphatic rings. The van der Waals surface area contributed by atoms with Gasteiger partial charge in [0, 0.05) is 19.3 Å². The van der Waals surface area contributed by atoms with Crippen molar-refractivity contribution in [2.45, 2.75) is 284 Å². The molecule has 0 fully saturated rings. The van der Waals surface area contributed by atoms with E-state index in [2.05, 4.69) is 179 Å². The third-order valence-electron chi connectivity index (χ3n) is 13.5. The van der Waals surface area contributed by atoms with Crippen molar-refractivity contribution >= 4 is 17.9 Å². The molecule has 0 spiro atoms. The standard InChI is InChI=1S/C75H120O6/c1-4-7-10-13-16-19-22-25-28-31-32-33-34-35-36-37-38-39-40-41-42-45-47-50-53-56-59-62-65-68-74(77)80-71-72(81-75(78)69-66-63-60-57-54-51-48-44-30-27-24-21-18-15-12-9-6-3)70-79-73(76)67-64-61-58-55-52-49-46-43-29-26-23-20-17-14-11-8-5-2/h7,9-10,12,16,18-19,21,25,27-28,30,32-33,35-36,38-39,41-42,47-48,50-51,56,59,72H,4-6,8,11,13-15,17,20,22-24,26,29,31,34,37,40,43-46,49,52-55,57-58,60-71H2,1-3H3/b10-7-,12-9-,19-16-,21-18-,28-25-,30-27-,33-32-,36-35-,39-38-,42-41-,50-47-,51-48-,59-56-. The molecule has 0 aromatic heterocycles. The molecule has 6 heteroatoms. The van der Waals surface area contributed by atoms with Crippen LogP contribution in [-0.4, -0.2) is 37.2 Å². The van der Waals surface area contributed by atoms with Crippen molar-refractivity contribution in [3.05, 3.63) is 158 Å². The van der Waals surface area contributed by atoms with Crippen LogP contribution in [0.5, 0.6) is 0 Å². The molecule has 0 radical (unpaired) electrons. The quantitative estimate of drug-likeness (QED) is 0.0261. The largest absolute Gasteiger partial charge is 0.462 e. The Kier molecular flexibility index (Phi) is 63.4. The highest BCUT2D eigenvalue weighted by Crippen LogP contribution is 2.16. The van der Waals surface area contributed by atoms with Crippen LogP contribution in [0.1, 0.15) is 278 Å². The summed E-state index contributed by atoms with van der Waals surface area (Å²) >= 11 is 0. The van der Waals surface area contributed by atoms with Crippen LogP contribution in [0.4, 0.5) is 0 Å². The fourth-order valence-electron chi connectivity index (χ4n) is 8.67. The average molecular weight is 1120 g/mol. The van der Waals surface area contributed by atoms with E-state index in [-0.39, 0.29) is 44.0 Å². The number of hydrogen-bond acceptors (Lipinski definition) is 6. The minimum absolute atomic E-state index is 0.110. The summed E-state index contributed by atoms with van der Waals surface area (Å²) in [6.07, 6.45) is 98.3. The highest BCUT2D eigenvalue weighted by Gasteiger charge is 2.19. The zero-order chi connectivity index (χ0) is 58.5. The second kappa shape index (κ2) is 67.5. The molecule has 0 heterocycles. The number of rotatable bonds is 58. The van der Waals surface area contributed by atoms with Gasteiger partial charge < -0.3 is 14.2 Å². The molecule has 456 valence electrons. The van der Waals surface area contributed by atoms with Crippen LogP contribution in [0.3, 0.4) is 0 Å². The van der Waals surface area contributed by atoms with Crippen molar-refractivity contribution in [3.8, 4) is 0 Å². The van der Waals surface area contributed by atoms with Crippen LogP contribution < -0.4 is 0 Å². The fourth-order valence-corrected chi connectivity index (χ4v) is 8.67. The number of esters is 3. The maximum absolute atomic E-state index is 12.9. The van der Waals surface area contributed by atoms with Gasteiger partial charge >= 0.3 is 17.9 Å². The number of ether oxygens (including phenoxy) is 3. The smallest absolute Gasteiger partial charge is 0.306 e. The fraction of sp³-hybridized carbons (Fsp3) is 0.613. The lowest BCUT2D eigenvalue weighted by Crippen LogP contribution is -2.30. The first-order chi connectivity index (χ1) is 40.0. The highest BCUT2D eigenvalue weighted by atomic mass is 16.6. The molecule has 0 aromatic rings. The summed E-state index contributed by atoms with van der Waals surface area (Å²) < 4.78 is 16.9. The molecular weight excluding hydrogens is 997 g/mol. The van der Waals surface area contributed by atoms with Crippen LogP contribution in [0, 0.1) is 0 Å². The molecule has 0 saturated heterocycles. The summed E-state index contributed by atoms with van der Waals surface area (Å²) in [5, 5.41) is 0. The summed E-state index contributed by atoms with van der Waals surface area (Å²) in [5.74, 6) is -0.995. The third-order valence-corrected chi connectivity index (χ3v) is 13.5. The van der Waals surface area contributed by atoms with Crippen LogP contribution in [0.25, 0.3) is 0 Å². The Morgan fingerprint density at radius 3 is 0.802 bits per heavy atom. The Labute approximate surface area is 499 Å². The number of carbonyl (C=O) groups excluding carboxylic acids is 3. The molecular formula is C75H120O6. The predicted molar refractivity (Wildman–Crippen MR) is 352 cm³/mol. The molecule has 0 aliphatic heterocycles. The Balaban J connectivity index is 4.50. The highest BCUT2D eigenvalue weighted by molar-refractivity contribution is 5.71. The van der Waals surface area contributed by atoms with Gasteiger partial charge in [-0.2, -0.15) is 0 Å². The second-order valence-corrected chi connectivity index (χ2v) is 21.3. The van der Waals surface area contributed by atoms with Crippen LogP contribution in [-0.2, 0) is 28.6 Å². The average Bonchev–Trinajstić information content (AvgIpc) is 3.47. The molecule has 0 rings (SSSR count). The van der Waals surface area contributed by atoms with Gasteiger partial charge in [0.1, 0.15) is 13.2 Å². The molecule has 0 aromatic carbocycles. The summed E-state index contributed by atoms with van der Waals surface area (Å²) in [7, 11) is 0. The lowest BCUT2D eigenvalue weighted by atomic mass is 10.0. The van der Waals surface area contributed by atoms with E-state index < -0.39 is 6.10 Å². The number of allylic oxidation sites excluding steroid dienone is 26. The summed E-state index contributed by atoms with van der Waals surface area (Å²) in [5.41, 5.74) is 0. The van der Waals surface area contributed by atoms with Crippen LogP contribution in [0.2, 0.25) is 0 Å². The molecule has 1 unspecified atom stereocenters. The Bertz CT molecular complexity index is 1810. The molecule has 81 heavy (non-hydrogen) atoms. The van der Waals surface area contributed by atoms with Crippen molar-refractivity contribution in [3.63, 3.8) is 0 Å². The van der Waals surface area contributed by atoms with Gasteiger partial charge in [-0.15, -0.1) is 0 Å². The van der Waals surface area contributed by atoms with E-state index in [1.807, 2.05) is 0 Å². The van der Waals surface area contributed by atoms with E-state index in [0.29, 0.717) is 12.8 Å². The summed E-state index contributed by atoms with van der Waals surface area (Å²) in [6.45, 7) is 6.36. The molecule has 0 saturated carbocycles. The van der Waals surface area contributed by atoms with Crippen molar-refractivity contribution < 1.29 is 28.6 Å². The van der Waals surface area contributed by atoms with Gasteiger partial charge in [0.25, 0.3) is 0 Å². The number of carbonyl (C=O) groups is 3. The van der Waals surface area contributed by atoms with Gasteiger partial charge in [-0.1, -0.05) is 294 Å². The summed E-state index contributed by atoms with van der Waals surface area (Å²) in [6, 6.07) is 0. The molecule has 1 atom stereocenters. The van der Waals surface area contributed by atoms with E-state index in [0.717, 1.165) is 141 Å². The molecule has 0 bridgehead atoms. The Morgan fingerprint density at radius 2 is 0.494 bits per heavy atom. The first-order valence-corrected chi connectivity index (χ1v) is 33.0. The van der Waals surface area contributed by atoms with E-state index in [9.17, 15) is 14.4 Å². The zero-order valence-corrected chi connectivity index (χ0v) is 52.2. The van der Waals surface area contributed by atoms with Crippen LogP contribution >= 0.6 is 0 Å². The van der Waals surface area contributed by atoms with E-state index in [1.54, 1.807) is 0 Å².